The van der Waals surface area contributed by atoms with Crippen molar-refractivity contribution in [1.82, 2.24) is 10.6 Å². The van der Waals surface area contributed by atoms with E-state index in [2.05, 4.69) is 45.3 Å². The second kappa shape index (κ2) is 7.38. The van der Waals surface area contributed by atoms with Crippen LogP contribution in [0.2, 0.25) is 0 Å². The van der Waals surface area contributed by atoms with Gasteiger partial charge in [-0.25, -0.2) is 0 Å². The fourth-order valence-corrected chi connectivity index (χ4v) is 4.50. The van der Waals surface area contributed by atoms with Gasteiger partial charge in [0.2, 0.25) is 0 Å². The summed E-state index contributed by atoms with van der Waals surface area (Å²) < 4.78 is 0. The minimum atomic E-state index is -0.272. The van der Waals surface area contributed by atoms with Crippen molar-refractivity contribution in [1.29, 1.82) is 0 Å². The average Bonchev–Trinajstić information content (AvgIpc) is 2.72. The maximum Gasteiger partial charge on any atom is 0.0722 e. The summed E-state index contributed by atoms with van der Waals surface area (Å²) in [5, 5.41) is 28.1. The number of aliphatic hydroxyl groups excluding tert-OH is 2. The number of rotatable bonds is 5. The van der Waals surface area contributed by atoms with Crippen molar-refractivity contribution in [2.24, 2.45) is 5.92 Å². The average molecular weight is 327 g/mol. The molecular weight excluding hydrogens is 288 g/mol. The highest BCUT2D eigenvalue weighted by atomic mass is 16.3. The first-order valence-corrected chi connectivity index (χ1v) is 9.49. The Balaban J connectivity index is 1.87. The molecule has 0 amide bonds. The van der Waals surface area contributed by atoms with Gasteiger partial charge in [-0.2, -0.15) is 0 Å². The lowest BCUT2D eigenvalue weighted by Gasteiger charge is -2.39. The van der Waals surface area contributed by atoms with E-state index in [4.69, 9.17) is 0 Å². The van der Waals surface area contributed by atoms with Crippen molar-refractivity contribution >= 4 is 0 Å². The Morgan fingerprint density at radius 3 is 2.09 bits per heavy atom. The summed E-state index contributed by atoms with van der Waals surface area (Å²) in [7, 11) is 0. The maximum atomic E-state index is 10.7. The second-order valence-electron chi connectivity index (χ2n) is 9.52. The normalized spacial score (nSPS) is 36.4. The molecule has 4 N–H and O–H groups in total. The quantitative estimate of drug-likeness (QED) is 0.627. The van der Waals surface area contributed by atoms with Gasteiger partial charge in [-0.1, -0.05) is 12.8 Å². The fraction of sp³-hybridized carbons (Fsp3) is 1.00. The molecule has 4 heteroatoms. The van der Waals surface area contributed by atoms with Crippen LogP contribution in [0, 0.1) is 5.92 Å². The zero-order chi connectivity index (χ0) is 17.3. The van der Waals surface area contributed by atoms with Gasteiger partial charge in [0.25, 0.3) is 0 Å². The molecule has 2 rings (SSSR count). The van der Waals surface area contributed by atoms with Gasteiger partial charge in [-0.3, -0.25) is 0 Å². The summed E-state index contributed by atoms with van der Waals surface area (Å²) in [6.07, 6.45) is 6.91. The van der Waals surface area contributed by atoms with Gasteiger partial charge in [0.1, 0.15) is 0 Å². The summed E-state index contributed by atoms with van der Waals surface area (Å²) in [6.45, 7) is 10.9. The number of nitrogens with one attached hydrogen (secondary N) is 2. The standard InChI is InChI=1S/C19H38N2O2/c1-18(2,3)20-15-11-10-13(17(15)23)12-19(4,5)21-14-8-6-7-9-16(14)22/h13-17,20-23H,6-12H2,1-5H3. The highest BCUT2D eigenvalue weighted by molar-refractivity contribution is 4.97. The molecule has 4 nitrogen and oxygen atoms in total. The summed E-state index contributed by atoms with van der Waals surface area (Å²) in [6, 6.07) is 0.414. The highest BCUT2D eigenvalue weighted by Crippen LogP contribution is 2.34. The molecule has 0 spiro atoms. The minimum absolute atomic E-state index is 0.0422. The molecule has 2 aliphatic rings. The molecule has 0 heterocycles. The van der Waals surface area contributed by atoms with Crippen LogP contribution >= 0.6 is 0 Å². The molecule has 5 unspecified atom stereocenters. The van der Waals surface area contributed by atoms with Crippen molar-refractivity contribution in [3.8, 4) is 0 Å². The van der Waals surface area contributed by atoms with Crippen LogP contribution in [0.15, 0.2) is 0 Å². The van der Waals surface area contributed by atoms with Crippen LogP contribution in [0.1, 0.15) is 79.6 Å². The third-order valence-corrected chi connectivity index (χ3v) is 5.44. The largest absolute Gasteiger partial charge is 0.392 e. The van der Waals surface area contributed by atoms with E-state index in [1.165, 1.54) is 6.42 Å². The summed E-state index contributed by atoms with van der Waals surface area (Å²) in [4.78, 5) is 0. The third kappa shape index (κ3) is 5.70. The molecule has 0 radical (unpaired) electrons. The highest BCUT2D eigenvalue weighted by Gasteiger charge is 2.40. The number of aliphatic hydroxyl groups is 2. The molecule has 2 aliphatic carbocycles. The summed E-state index contributed by atoms with van der Waals surface area (Å²) in [5.74, 6) is 0.332. The molecule has 23 heavy (non-hydrogen) atoms. The monoisotopic (exact) mass is 326 g/mol. The Morgan fingerprint density at radius 1 is 0.826 bits per heavy atom. The van der Waals surface area contributed by atoms with Crippen LogP contribution < -0.4 is 10.6 Å². The van der Waals surface area contributed by atoms with Gasteiger partial charge < -0.3 is 20.8 Å². The zero-order valence-electron chi connectivity index (χ0n) is 15.7. The van der Waals surface area contributed by atoms with E-state index in [-0.39, 0.29) is 35.4 Å². The molecule has 0 aromatic carbocycles. The zero-order valence-corrected chi connectivity index (χ0v) is 15.7. The minimum Gasteiger partial charge on any atom is -0.392 e. The lowest BCUT2D eigenvalue weighted by Crippen LogP contribution is -2.54. The van der Waals surface area contributed by atoms with E-state index >= 15 is 0 Å². The SMILES string of the molecule is CC(C)(C)NC1CCC(CC(C)(C)NC2CCCCC2O)C1O. The Bertz CT molecular complexity index is 378. The molecule has 0 bridgehead atoms. The van der Waals surface area contributed by atoms with Crippen molar-refractivity contribution in [3.05, 3.63) is 0 Å². The Morgan fingerprint density at radius 2 is 1.48 bits per heavy atom. The van der Waals surface area contributed by atoms with Crippen molar-refractivity contribution in [2.45, 2.75) is 115 Å². The molecule has 2 saturated carbocycles. The van der Waals surface area contributed by atoms with Crippen molar-refractivity contribution in [2.75, 3.05) is 0 Å². The van der Waals surface area contributed by atoms with Crippen LogP contribution in [0.3, 0.4) is 0 Å². The van der Waals surface area contributed by atoms with Gasteiger partial charge >= 0.3 is 0 Å². The van der Waals surface area contributed by atoms with Crippen LogP contribution in [0.25, 0.3) is 0 Å². The molecule has 2 fully saturated rings. The predicted molar refractivity (Wildman–Crippen MR) is 95.5 cm³/mol. The van der Waals surface area contributed by atoms with E-state index < -0.39 is 0 Å². The topological polar surface area (TPSA) is 64.5 Å². The lowest BCUT2D eigenvalue weighted by atomic mass is 9.84. The summed E-state index contributed by atoms with van der Waals surface area (Å²) >= 11 is 0. The third-order valence-electron chi connectivity index (χ3n) is 5.44. The second-order valence-corrected chi connectivity index (χ2v) is 9.52. The van der Waals surface area contributed by atoms with Gasteiger partial charge in [-0.05, 0) is 72.6 Å². The van der Waals surface area contributed by atoms with Crippen molar-refractivity contribution in [3.63, 3.8) is 0 Å². The van der Waals surface area contributed by atoms with Gasteiger partial charge in [0.05, 0.1) is 12.2 Å². The van der Waals surface area contributed by atoms with Gasteiger partial charge in [-0.15, -0.1) is 0 Å². The van der Waals surface area contributed by atoms with E-state index in [1.54, 1.807) is 0 Å². The van der Waals surface area contributed by atoms with Gasteiger partial charge in [0.15, 0.2) is 0 Å². The first-order valence-electron chi connectivity index (χ1n) is 9.49. The maximum absolute atomic E-state index is 10.7. The molecule has 0 saturated heterocycles. The molecule has 0 aromatic rings. The van der Waals surface area contributed by atoms with Crippen molar-refractivity contribution < 1.29 is 10.2 Å². The summed E-state index contributed by atoms with van der Waals surface area (Å²) in [5.41, 5.74) is -0.00817. The Hall–Kier alpha value is -0.160. The molecule has 136 valence electrons. The molecular formula is C19H38N2O2. The predicted octanol–water partition coefficient (Wildman–Crippen LogP) is 2.58. The van der Waals surface area contributed by atoms with Crippen LogP contribution in [-0.2, 0) is 0 Å². The fourth-order valence-electron chi connectivity index (χ4n) is 4.50. The number of hydrogen-bond acceptors (Lipinski definition) is 4. The van der Waals surface area contributed by atoms with Crippen LogP contribution in [-0.4, -0.2) is 45.6 Å². The van der Waals surface area contributed by atoms with Crippen LogP contribution in [0.4, 0.5) is 0 Å². The first-order chi connectivity index (χ1) is 10.6. The molecule has 0 aromatic heterocycles. The van der Waals surface area contributed by atoms with Gasteiger partial charge in [0, 0.05) is 23.2 Å². The van der Waals surface area contributed by atoms with E-state index in [0.717, 1.165) is 38.5 Å². The number of hydrogen-bond donors (Lipinski definition) is 4. The smallest absolute Gasteiger partial charge is 0.0722 e. The van der Waals surface area contributed by atoms with E-state index in [0.29, 0.717) is 5.92 Å². The molecule has 5 atom stereocenters. The van der Waals surface area contributed by atoms with E-state index in [9.17, 15) is 10.2 Å². The van der Waals surface area contributed by atoms with Crippen LogP contribution in [0.5, 0.6) is 0 Å². The first kappa shape index (κ1) is 19.2. The molecule has 0 aliphatic heterocycles. The Kier molecular flexibility index (Phi) is 6.15. The van der Waals surface area contributed by atoms with E-state index in [1.807, 2.05) is 0 Å². The Labute approximate surface area is 142 Å². The lowest BCUT2D eigenvalue weighted by molar-refractivity contribution is 0.0552.